The zero-order valence-corrected chi connectivity index (χ0v) is 16.5. The Hall–Kier alpha value is -0.903. The minimum Gasteiger partial charge on any atom is -0.476 e. The third-order valence-electron chi connectivity index (χ3n) is 3.72. The molecule has 2 rings (SSSR count). The number of aromatic nitrogens is 2. The molecule has 7 nitrogen and oxygen atoms in total. The van der Waals surface area contributed by atoms with Gasteiger partial charge < -0.3 is 20.1 Å². The van der Waals surface area contributed by atoms with Gasteiger partial charge in [-0.15, -0.1) is 0 Å². The van der Waals surface area contributed by atoms with Gasteiger partial charge in [-0.3, -0.25) is 4.57 Å². The number of piperazine rings is 1. The highest BCUT2D eigenvalue weighted by Gasteiger charge is 2.25. The molecule has 1 aromatic heterocycles. The van der Waals surface area contributed by atoms with Crippen LogP contribution >= 0.6 is 15.9 Å². The lowest BCUT2D eigenvalue weighted by Crippen LogP contribution is -2.44. The maximum atomic E-state index is 11.6. The largest absolute Gasteiger partial charge is 0.476 e. The predicted molar refractivity (Wildman–Crippen MR) is 96.1 cm³/mol. The van der Waals surface area contributed by atoms with Gasteiger partial charge >= 0.3 is 5.97 Å². The molecule has 1 aliphatic rings. The Morgan fingerprint density at radius 1 is 1.39 bits per heavy atom. The Morgan fingerprint density at radius 2 is 2.04 bits per heavy atom. The summed E-state index contributed by atoms with van der Waals surface area (Å²) in [6.45, 7) is 11.1. The van der Waals surface area contributed by atoms with Crippen LogP contribution in [0.4, 0.5) is 5.95 Å². The molecule has 1 fully saturated rings. The van der Waals surface area contributed by atoms with Crippen LogP contribution < -0.4 is 10.2 Å². The van der Waals surface area contributed by atoms with Gasteiger partial charge in [-0.1, -0.05) is 19.6 Å². The molecule has 1 aromatic rings. The van der Waals surface area contributed by atoms with E-state index in [4.69, 9.17) is 4.74 Å². The third kappa shape index (κ3) is 5.03. The van der Waals surface area contributed by atoms with E-state index in [9.17, 15) is 9.90 Å². The van der Waals surface area contributed by atoms with Crippen molar-refractivity contribution < 1.29 is 14.6 Å². The van der Waals surface area contributed by atoms with Gasteiger partial charge in [0.1, 0.15) is 11.3 Å². The van der Waals surface area contributed by atoms with E-state index < -0.39 is 14.0 Å². The third-order valence-corrected chi connectivity index (χ3v) is 5.98. The van der Waals surface area contributed by atoms with Crippen LogP contribution in [-0.2, 0) is 11.5 Å². The van der Waals surface area contributed by atoms with Crippen LogP contribution in [0.5, 0.6) is 0 Å². The molecule has 0 aromatic carbocycles. The molecule has 0 bridgehead atoms. The van der Waals surface area contributed by atoms with E-state index in [1.807, 2.05) is 0 Å². The second-order valence-electron chi connectivity index (χ2n) is 6.87. The fourth-order valence-corrected chi connectivity index (χ4v) is 3.68. The van der Waals surface area contributed by atoms with Crippen LogP contribution in [0.3, 0.4) is 0 Å². The zero-order chi connectivity index (χ0) is 17.0. The van der Waals surface area contributed by atoms with Gasteiger partial charge in [0.15, 0.2) is 5.69 Å². The summed E-state index contributed by atoms with van der Waals surface area (Å²) in [5.41, 5.74) is 0.145. The summed E-state index contributed by atoms with van der Waals surface area (Å²) in [7, 11) is -1.17. The number of hydrogen-bond donors (Lipinski definition) is 2. The fraction of sp³-hybridized carbons (Fsp3) is 0.714. The van der Waals surface area contributed by atoms with Crippen molar-refractivity contribution in [2.24, 2.45) is 0 Å². The molecule has 2 heterocycles. The molecule has 2 N–H and O–H groups in total. The van der Waals surface area contributed by atoms with Crippen LogP contribution in [0, 0.1) is 0 Å². The summed E-state index contributed by atoms with van der Waals surface area (Å²) in [4.78, 5) is 18.1. The molecule has 0 aliphatic carbocycles. The number of carbonyl (C=O) groups is 1. The Bertz CT molecular complexity index is 553. The fourth-order valence-electron chi connectivity index (χ4n) is 2.38. The SMILES string of the molecule is C[Si](C)(C)CCOCn1c(N2CCNCC2)nc(Br)c1C(=O)O. The van der Waals surface area contributed by atoms with E-state index in [0.717, 1.165) is 32.2 Å². The van der Waals surface area contributed by atoms with Gasteiger partial charge in [-0.25, -0.2) is 9.78 Å². The minimum absolute atomic E-state index is 0.145. The number of anilines is 1. The number of nitrogens with one attached hydrogen (secondary N) is 1. The first-order valence-corrected chi connectivity index (χ1v) is 12.3. The summed E-state index contributed by atoms with van der Waals surface area (Å²) < 4.78 is 7.77. The van der Waals surface area contributed by atoms with E-state index in [0.29, 0.717) is 17.2 Å². The smallest absolute Gasteiger partial charge is 0.355 e. The number of aromatic carboxylic acids is 1. The number of nitrogens with zero attached hydrogens (tertiary/aromatic N) is 3. The highest BCUT2D eigenvalue weighted by Crippen LogP contribution is 2.25. The quantitative estimate of drug-likeness (QED) is 0.534. The summed E-state index contributed by atoms with van der Waals surface area (Å²) in [5.74, 6) is -0.344. The molecule has 0 atom stereocenters. The van der Waals surface area contributed by atoms with Gasteiger partial charge in [0.25, 0.3) is 0 Å². The Morgan fingerprint density at radius 3 is 2.61 bits per heavy atom. The first-order valence-electron chi connectivity index (χ1n) is 7.82. The van der Waals surface area contributed by atoms with Crippen LogP contribution in [0.2, 0.25) is 25.7 Å². The van der Waals surface area contributed by atoms with E-state index in [-0.39, 0.29) is 12.4 Å². The zero-order valence-electron chi connectivity index (χ0n) is 13.9. The monoisotopic (exact) mass is 404 g/mol. The Kier molecular flexibility index (Phi) is 6.23. The van der Waals surface area contributed by atoms with Crippen LogP contribution in [-0.4, -0.2) is 61.5 Å². The van der Waals surface area contributed by atoms with E-state index in [1.165, 1.54) is 0 Å². The molecule has 130 valence electrons. The van der Waals surface area contributed by atoms with Crippen molar-refractivity contribution in [2.75, 3.05) is 37.7 Å². The first kappa shape index (κ1) is 18.4. The van der Waals surface area contributed by atoms with Crippen LogP contribution in [0.25, 0.3) is 0 Å². The molecule has 9 heteroatoms. The summed E-state index contributed by atoms with van der Waals surface area (Å²) in [6, 6.07) is 1.05. The van der Waals surface area contributed by atoms with Crippen molar-refractivity contribution in [3.8, 4) is 0 Å². The van der Waals surface area contributed by atoms with Crippen molar-refractivity contribution >= 4 is 35.9 Å². The number of halogens is 1. The summed E-state index contributed by atoms with van der Waals surface area (Å²) >= 11 is 3.27. The molecular formula is C14H25BrN4O3Si. The molecule has 23 heavy (non-hydrogen) atoms. The van der Waals surface area contributed by atoms with Crippen molar-refractivity contribution in [2.45, 2.75) is 32.4 Å². The highest BCUT2D eigenvalue weighted by atomic mass is 79.9. The van der Waals surface area contributed by atoms with E-state index >= 15 is 0 Å². The highest BCUT2D eigenvalue weighted by molar-refractivity contribution is 9.10. The standard InChI is InChI=1S/C14H25BrN4O3Si/c1-23(2,3)9-8-22-10-19-11(13(20)21)12(15)17-14(19)18-6-4-16-5-7-18/h16H,4-10H2,1-3H3,(H,20,21). The number of carboxylic acids is 1. The average molecular weight is 405 g/mol. The average Bonchev–Trinajstić information content (AvgIpc) is 2.80. The van der Waals surface area contributed by atoms with Gasteiger partial charge in [-0.2, -0.15) is 0 Å². The van der Waals surface area contributed by atoms with Crippen molar-refractivity contribution in [3.05, 3.63) is 10.3 Å². The lowest BCUT2D eigenvalue weighted by Gasteiger charge is -2.29. The maximum Gasteiger partial charge on any atom is 0.355 e. The number of imidazole rings is 1. The molecule has 0 amide bonds. The van der Waals surface area contributed by atoms with Crippen LogP contribution in [0.1, 0.15) is 10.5 Å². The Balaban J connectivity index is 2.15. The number of hydrogen-bond acceptors (Lipinski definition) is 5. The molecular weight excluding hydrogens is 380 g/mol. The molecule has 1 aliphatic heterocycles. The topological polar surface area (TPSA) is 79.6 Å². The lowest BCUT2D eigenvalue weighted by molar-refractivity contribution is 0.0623. The number of carboxylic acid groups (broad SMARTS) is 1. The molecule has 0 spiro atoms. The summed E-state index contributed by atoms with van der Waals surface area (Å²) in [5, 5.41) is 12.8. The Labute approximate surface area is 146 Å². The normalized spacial score (nSPS) is 15.9. The first-order chi connectivity index (χ1) is 10.8. The van der Waals surface area contributed by atoms with Crippen molar-refractivity contribution in [3.63, 3.8) is 0 Å². The predicted octanol–water partition coefficient (Wildman–Crippen LogP) is 2.07. The van der Waals surface area contributed by atoms with Crippen molar-refractivity contribution in [1.29, 1.82) is 0 Å². The minimum atomic E-state index is -1.17. The second-order valence-corrected chi connectivity index (χ2v) is 13.2. The second kappa shape index (κ2) is 7.78. The lowest BCUT2D eigenvalue weighted by atomic mass is 10.4. The maximum absolute atomic E-state index is 11.6. The molecule has 0 unspecified atom stereocenters. The molecule has 0 saturated carbocycles. The van der Waals surface area contributed by atoms with E-state index in [1.54, 1.807) is 4.57 Å². The number of rotatable bonds is 7. The van der Waals surface area contributed by atoms with Gasteiger partial charge in [0.2, 0.25) is 5.95 Å². The van der Waals surface area contributed by atoms with Gasteiger partial charge in [0, 0.05) is 40.9 Å². The van der Waals surface area contributed by atoms with Gasteiger partial charge in [0.05, 0.1) is 0 Å². The summed E-state index contributed by atoms with van der Waals surface area (Å²) in [6.07, 6.45) is 0. The van der Waals surface area contributed by atoms with E-state index in [2.05, 4.69) is 50.8 Å². The molecule has 0 radical (unpaired) electrons. The number of ether oxygens (including phenoxy) is 1. The van der Waals surface area contributed by atoms with Crippen LogP contribution in [0.15, 0.2) is 4.60 Å². The van der Waals surface area contributed by atoms with Crippen molar-refractivity contribution in [1.82, 2.24) is 14.9 Å². The molecule has 1 saturated heterocycles. The van der Waals surface area contributed by atoms with Gasteiger partial charge in [-0.05, 0) is 22.0 Å².